The van der Waals surface area contributed by atoms with Crippen molar-refractivity contribution in [2.24, 2.45) is 5.92 Å². The molecular formula is C19H32ClN3O4. The van der Waals surface area contributed by atoms with Gasteiger partial charge in [-0.1, -0.05) is 12.8 Å². The number of halogens is 1. The van der Waals surface area contributed by atoms with Gasteiger partial charge in [0.25, 0.3) is 0 Å². The molecule has 7 nitrogen and oxygen atoms in total. The summed E-state index contributed by atoms with van der Waals surface area (Å²) in [7, 11) is 0. The minimum atomic E-state index is -0.147. The Morgan fingerprint density at radius 2 is 1.81 bits per heavy atom. The Kier molecular flexibility index (Phi) is 7.36. The molecule has 3 N–H and O–H groups in total. The van der Waals surface area contributed by atoms with Gasteiger partial charge >= 0.3 is 0 Å². The van der Waals surface area contributed by atoms with E-state index in [9.17, 15) is 19.8 Å². The van der Waals surface area contributed by atoms with Crippen LogP contribution in [0.1, 0.15) is 44.9 Å². The number of fused-ring (bicyclic) bond motifs is 2. The third-order valence-corrected chi connectivity index (χ3v) is 6.73. The van der Waals surface area contributed by atoms with Gasteiger partial charge in [-0.15, -0.1) is 11.6 Å². The van der Waals surface area contributed by atoms with Gasteiger partial charge in [-0.25, -0.2) is 0 Å². The van der Waals surface area contributed by atoms with Crippen molar-refractivity contribution in [3.05, 3.63) is 0 Å². The molecule has 5 atom stereocenters. The molecule has 0 bridgehead atoms. The standard InChI is InChI=1S/C19H32ClN3O4/c20-13-5-6-17-15(11-13)21-19(27)14-3-1-2-4-16(14)23(17)18(26)12-22(7-9-24)8-10-25/h13-17,24-25H,1-12H2,(H,21,27). The fraction of sp³-hybridized carbons (Fsp3) is 0.895. The average Bonchev–Trinajstić information content (AvgIpc) is 2.76. The van der Waals surface area contributed by atoms with Gasteiger partial charge in [-0.05, 0) is 32.1 Å². The molecule has 5 unspecified atom stereocenters. The third kappa shape index (κ3) is 4.75. The van der Waals surface area contributed by atoms with Gasteiger partial charge < -0.3 is 20.4 Å². The van der Waals surface area contributed by atoms with Crippen LogP contribution in [0.3, 0.4) is 0 Å². The highest BCUT2D eigenvalue weighted by Crippen LogP contribution is 2.37. The summed E-state index contributed by atoms with van der Waals surface area (Å²) in [6, 6.07) is -0.166. The molecule has 0 aromatic heterocycles. The van der Waals surface area contributed by atoms with Gasteiger partial charge in [0.2, 0.25) is 11.8 Å². The molecule has 0 spiro atoms. The van der Waals surface area contributed by atoms with E-state index in [-0.39, 0.29) is 61.0 Å². The molecule has 154 valence electrons. The van der Waals surface area contributed by atoms with Crippen LogP contribution in [0.5, 0.6) is 0 Å². The van der Waals surface area contributed by atoms with E-state index in [1.807, 2.05) is 4.90 Å². The van der Waals surface area contributed by atoms with Gasteiger partial charge in [0.05, 0.1) is 37.8 Å². The van der Waals surface area contributed by atoms with E-state index in [1.54, 1.807) is 4.90 Å². The maximum absolute atomic E-state index is 13.4. The first-order valence-corrected chi connectivity index (χ1v) is 10.7. The molecular weight excluding hydrogens is 370 g/mol. The highest BCUT2D eigenvalue weighted by Gasteiger charge is 2.47. The SMILES string of the molecule is O=C1NC2CC(Cl)CCC2N(C(=O)CN(CCO)CCO)C2CCCCC12. The minimum Gasteiger partial charge on any atom is -0.395 e. The number of nitrogens with zero attached hydrogens (tertiary/aromatic N) is 2. The van der Waals surface area contributed by atoms with Gasteiger partial charge in [0.1, 0.15) is 0 Å². The van der Waals surface area contributed by atoms with Crippen LogP contribution >= 0.6 is 11.6 Å². The molecule has 27 heavy (non-hydrogen) atoms. The van der Waals surface area contributed by atoms with Crippen LogP contribution in [-0.2, 0) is 9.59 Å². The van der Waals surface area contributed by atoms with Crippen molar-refractivity contribution in [1.29, 1.82) is 0 Å². The number of alkyl halides is 1. The molecule has 3 aliphatic rings. The molecule has 1 heterocycles. The van der Waals surface area contributed by atoms with Crippen molar-refractivity contribution in [3.8, 4) is 0 Å². The Bertz CT molecular complexity index is 529. The zero-order chi connectivity index (χ0) is 19.4. The van der Waals surface area contributed by atoms with Crippen molar-refractivity contribution in [3.63, 3.8) is 0 Å². The minimum absolute atomic E-state index is 0.00618. The molecule has 0 aromatic carbocycles. The Morgan fingerprint density at radius 1 is 1.11 bits per heavy atom. The summed E-state index contributed by atoms with van der Waals surface area (Å²) in [6.07, 6.45) is 6.07. The van der Waals surface area contributed by atoms with E-state index in [1.165, 1.54) is 0 Å². The smallest absolute Gasteiger partial charge is 0.237 e. The van der Waals surface area contributed by atoms with E-state index in [4.69, 9.17) is 11.6 Å². The van der Waals surface area contributed by atoms with Gasteiger partial charge in [0.15, 0.2) is 0 Å². The lowest BCUT2D eigenvalue weighted by Crippen LogP contribution is -2.58. The van der Waals surface area contributed by atoms with E-state index >= 15 is 0 Å². The topological polar surface area (TPSA) is 93.1 Å². The summed E-state index contributed by atoms with van der Waals surface area (Å²) in [4.78, 5) is 30.0. The lowest BCUT2D eigenvalue weighted by Gasteiger charge is -2.45. The number of aliphatic hydroxyl groups is 2. The van der Waals surface area contributed by atoms with Crippen molar-refractivity contribution in [2.75, 3.05) is 32.8 Å². The zero-order valence-electron chi connectivity index (χ0n) is 15.9. The highest BCUT2D eigenvalue weighted by molar-refractivity contribution is 6.20. The number of carbonyl (C=O) groups is 2. The number of aliphatic hydroxyl groups excluding tert-OH is 2. The largest absolute Gasteiger partial charge is 0.395 e. The number of hydrogen-bond acceptors (Lipinski definition) is 5. The van der Waals surface area contributed by atoms with Crippen molar-refractivity contribution >= 4 is 23.4 Å². The average molecular weight is 402 g/mol. The third-order valence-electron chi connectivity index (χ3n) is 6.34. The summed E-state index contributed by atoms with van der Waals surface area (Å²) in [5.41, 5.74) is 0. The molecule has 2 amide bonds. The molecule has 0 aromatic rings. The maximum Gasteiger partial charge on any atom is 0.237 e. The fourth-order valence-corrected chi connectivity index (χ4v) is 5.39. The van der Waals surface area contributed by atoms with Crippen LogP contribution in [-0.4, -0.2) is 88.2 Å². The molecule has 3 fully saturated rings. The van der Waals surface area contributed by atoms with Crippen LogP contribution in [0.15, 0.2) is 0 Å². The van der Waals surface area contributed by atoms with Crippen LogP contribution in [0.4, 0.5) is 0 Å². The molecule has 1 saturated heterocycles. The molecule has 1 aliphatic heterocycles. The summed E-state index contributed by atoms with van der Waals surface area (Å²) in [5, 5.41) is 21.7. The van der Waals surface area contributed by atoms with Crippen LogP contribution < -0.4 is 5.32 Å². The number of nitrogens with one attached hydrogen (secondary N) is 1. The number of carbonyl (C=O) groups excluding carboxylic acids is 2. The number of hydrogen-bond donors (Lipinski definition) is 3. The summed E-state index contributed by atoms with van der Waals surface area (Å²) >= 11 is 6.37. The fourth-order valence-electron chi connectivity index (χ4n) is 5.07. The summed E-state index contributed by atoms with van der Waals surface area (Å²) < 4.78 is 0. The van der Waals surface area contributed by atoms with E-state index < -0.39 is 0 Å². The first-order valence-electron chi connectivity index (χ1n) is 10.2. The molecule has 3 rings (SSSR count). The van der Waals surface area contributed by atoms with Crippen molar-refractivity contribution in [2.45, 2.75) is 68.4 Å². The Labute approximate surface area is 166 Å². The monoisotopic (exact) mass is 401 g/mol. The maximum atomic E-state index is 13.4. The number of rotatable bonds is 6. The first-order chi connectivity index (χ1) is 13.0. The normalized spacial score (nSPS) is 33.9. The number of amides is 2. The Hall–Kier alpha value is -0.890. The Balaban J connectivity index is 1.85. The van der Waals surface area contributed by atoms with Crippen LogP contribution in [0.25, 0.3) is 0 Å². The molecule has 2 saturated carbocycles. The summed E-state index contributed by atoms with van der Waals surface area (Å²) in [6.45, 7) is 0.747. The first kappa shape index (κ1) is 20.8. The molecule has 2 aliphatic carbocycles. The van der Waals surface area contributed by atoms with Crippen molar-refractivity contribution in [1.82, 2.24) is 15.1 Å². The van der Waals surface area contributed by atoms with Gasteiger partial charge in [-0.2, -0.15) is 0 Å². The van der Waals surface area contributed by atoms with E-state index in [2.05, 4.69) is 5.32 Å². The predicted molar refractivity (Wildman–Crippen MR) is 102 cm³/mol. The molecule has 0 radical (unpaired) electrons. The second kappa shape index (κ2) is 9.54. The van der Waals surface area contributed by atoms with E-state index in [0.29, 0.717) is 19.5 Å². The lowest BCUT2D eigenvalue weighted by atomic mass is 9.82. The Morgan fingerprint density at radius 3 is 2.52 bits per heavy atom. The van der Waals surface area contributed by atoms with Crippen LogP contribution in [0, 0.1) is 5.92 Å². The molecule has 8 heteroatoms. The van der Waals surface area contributed by atoms with Gasteiger partial charge in [0, 0.05) is 24.5 Å². The second-order valence-electron chi connectivity index (χ2n) is 8.08. The van der Waals surface area contributed by atoms with Crippen LogP contribution in [0.2, 0.25) is 0 Å². The quantitative estimate of drug-likeness (QED) is 0.557. The second-order valence-corrected chi connectivity index (χ2v) is 8.69. The van der Waals surface area contributed by atoms with Crippen molar-refractivity contribution < 1.29 is 19.8 Å². The summed E-state index contributed by atoms with van der Waals surface area (Å²) in [5.74, 6) is -0.0853. The highest BCUT2D eigenvalue weighted by atomic mass is 35.5. The zero-order valence-corrected chi connectivity index (χ0v) is 16.6. The van der Waals surface area contributed by atoms with Gasteiger partial charge in [-0.3, -0.25) is 14.5 Å². The van der Waals surface area contributed by atoms with E-state index in [0.717, 1.165) is 38.5 Å². The lowest BCUT2D eigenvalue weighted by molar-refractivity contribution is -0.141. The predicted octanol–water partition coefficient (Wildman–Crippen LogP) is 0.319.